The summed E-state index contributed by atoms with van der Waals surface area (Å²) in [6.45, 7) is 1.53. The Kier molecular flexibility index (Phi) is 6.23. The highest BCUT2D eigenvalue weighted by atomic mass is 32.2. The third-order valence-electron chi connectivity index (χ3n) is 4.57. The maximum atomic E-state index is 13.2. The molecule has 1 fully saturated rings. The number of thiazole rings is 1. The van der Waals surface area contributed by atoms with Crippen LogP contribution in [0.25, 0.3) is 0 Å². The second-order valence-electron chi connectivity index (χ2n) is 6.64. The van der Waals surface area contributed by atoms with Gasteiger partial charge in [-0.1, -0.05) is 19.3 Å². The maximum absolute atomic E-state index is 13.2. The highest BCUT2D eigenvalue weighted by Crippen LogP contribution is 2.28. The standard InChI is InChI=1S/C18H22FN3O3S2/c1-13-12-26-18(20-13)21-17(23)11-22(15-5-3-2-4-6-15)27(24,25)16-9-7-14(19)8-10-16/h7-10,12,15H,2-6,11H2,1H3,(H,20,21,23). The van der Waals surface area contributed by atoms with E-state index in [-0.39, 0.29) is 17.5 Å². The summed E-state index contributed by atoms with van der Waals surface area (Å²) >= 11 is 1.29. The van der Waals surface area contributed by atoms with Crippen molar-refractivity contribution in [3.05, 3.63) is 41.2 Å². The highest BCUT2D eigenvalue weighted by Gasteiger charge is 2.34. The minimum Gasteiger partial charge on any atom is -0.301 e. The Hall–Kier alpha value is -1.84. The average molecular weight is 412 g/mol. The number of carbonyl (C=O) groups excluding carboxylic acids is 1. The number of sulfonamides is 1. The molecule has 0 saturated heterocycles. The summed E-state index contributed by atoms with van der Waals surface area (Å²) < 4.78 is 40.8. The van der Waals surface area contributed by atoms with Gasteiger partial charge in [0.25, 0.3) is 0 Å². The molecule has 0 spiro atoms. The lowest BCUT2D eigenvalue weighted by Crippen LogP contribution is -2.45. The summed E-state index contributed by atoms with van der Waals surface area (Å²) in [7, 11) is -3.91. The summed E-state index contributed by atoms with van der Waals surface area (Å²) in [4.78, 5) is 16.7. The zero-order valence-corrected chi connectivity index (χ0v) is 16.7. The molecule has 0 radical (unpaired) electrons. The van der Waals surface area contributed by atoms with E-state index in [9.17, 15) is 17.6 Å². The predicted octanol–water partition coefficient (Wildman–Crippen LogP) is 3.55. The Morgan fingerprint density at radius 3 is 2.52 bits per heavy atom. The van der Waals surface area contributed by atoms with Gasteiger partial charge in [-0.2, -0.15) is 4.31 Å². The van der Waals surface area contributed by atoms with Crippen molar-refractivity contribution >= 4 is 32.4 Å². The number of aromatic nitrogens is 1. The largest absolute Gasteiger partial charge is 0.301 e. The lowest BCUT2D eigenvalue weighted by atomic mass is 9.95. The van der Waals surface area contributed by atoms with E-state index in [1.807, 2.05) is 12.3 Å². The number of anilines is 1. The molecular weight excluding hydrogens is 389 g/mol. The molecule has 2 aromatic rings. The van der Waals surface area contributed by atoms with Gasteiger partial charge in [0.2, 0.25) is 15.9 Å². The van der Waals surface area contributed by atoms with Crippen LogP contribution in [0.3, 0.4) is 0 Å². The van der Waals surface area contributed by atoms with Gasteiger partial charge in [-0.15, -0.1) is 11.3 Å². The van der Waals surface area contributed by atoms with Gasteiger partial charge in [0, 0.05) is 11.4 Å². The molecular formula is C18H22FN3O3S2. The molecule has 1 aliphatic rings. The summed E-state index contributed by atoms with van der Waals surface area (Å²) in [5.41, 5.74) is 0.790. The Morgan fingerprint density at radius 1 is 1.26 bits per heavy atom. The molecule has 1 aromatic carbocycles. The molecule has 0 atom stereocenters. The fraction of sp³-hybridized carbons (Fsp3) is 0.444. The molecule has 1 heterocycles. The zero-order chi connectivity index (χ0) is 19.4. The number of nitrogens with zero attached hydrogens (tertiary/aromatic N) is 2. The topological polar surface area (TPSA) is 79.4 Å². The molecule has 0 unspecified atom stereocenters. The fourth-order valence-corrected chi connectivity index (χ4v) is 5.58. The Labute approximate surface area is 162 Å². The third-order valence-corrected chi connectivity index (χ3v) is 7.36. The fourth-order valence-electron chi connectivity index (χ4n) is 3.23. The average Bonchev–Trinajstić information content (AvgIpc) is 3.05. The van der Waals surface area contributed by atoms with E-state index in [0.717, 1.165) is 37.1 Å². The van der Waals surface area contributed by atoms with E-state index in [1.165, 1.54) is 27.8 Å². The maximum Gasteiger partial charge on any atom is 0.243 e. The highest BCUT2D eigenvalue weighted by molar-refractivity contribution is 7.89. The minimum atomic E-state index is -3.91. The summed E-state index contributed by atoms with van der Waals surface area (Å²) in [6.07, 6.45) is 4.33. The molecule has 1 saturated carbocycles. The third kappa shape index (κ3) is 4.91. The molecule has 9 heteroatoms. The van der Waals surface area contributed by atoms with Crippen LogP contribution in [0.5, 0.6) is 0 Å². The predicted molar refractivity (Wildman–Crippen MR) is 103 cm³/mol. The van der Waals surface area contributed by atoms with Crippen LogP contribution in [0.1, 0.15) is 37.8 Å². The van der Waals surface area contributed by atoms with Gasteiger partial charge < -0.3 is 5.32 Å². The lowest BCUT2D eigenvalue weighted by Gasteiger charge is -2.32. The van der Waals surface area contributed by atoms with Crippen LogP contribution >= 0.6 is 11.3 Å². The van der Waals surface area contributed by atoms with Crippen LogP contribution < -0.4 is 5.32 Å². The number of nitrogens with one attached hydrogen (secondary N) is 1. The second kappa shape index (κ2) is 8.45. The number of rotatable bonds is 6. The van der Waals surface area contributed by atoms with Crippen molar-refractivity contribution in [1.82, 2.24) is 9.29 Å². The first-order chi connectivity index (χ1) is 12.9. The van der Waals surface area contributed by atoms with Gasteiger partial charge in [0.05, 0.1) is 17.1 Å². The van der Waals surface area contributed by atoms with Crippen LogP contribution in [-0.2, 0) is 14.8 Å². The van der Waals surface area contributed by atoms with Gasteiger partial charge in [0.1, 0.15) is 5.82 Å². The van der Waals surface area contributed by atoms with Crippen LogP contribution in [0, 0.1) is 12.7 Å². The molecule has 146 valence electrons. The molecule has 3 rings (SSSR count). The molecule has 1 amide bonds. The van der Waals surface area contributed by atoms with Crippen LogP contribution in [-0.4, -0.2) is 36.2 Å². The smallest absolute Gasteiger partial charge is 0.243 e. The van der Waals surface area contributed by atoms with Crippen LogP contribution in [0.15, 0.2) is 34.5 Å². The van der Waals surface area contributed by atoms with Gasteiger partial charge in [-0.05, 0) is 44.0 Å². The van der Waals surface area contributed by atoms with Gasteiger partial charge in [0.15, 0.2) is 5.13 Å². The van der Waals surface area contributed by atoms with Gasteiger partial charge in [-0.3, -0.25) is 4.79 Å². The van der Waals surface area contributed by atoms with Crippen molar-refractivity contribution in [3.8, 4) is 0 Å². The Bertz CT molecular complexity index is 891. The number of halogens is 1. The summed E-state index contributed by atoms with van der Waals surface area (Å²) in [5, 5.41) is 4.92. The van der Waals surface area contributed by atoms with Gasteiger partial charge >= 0.3 is 0 Å². The number of aryl methyl sites for hydroxylation is 1. The molecule has 27 heavy (non-hydrogen) atoms. The Morgan fingerprint density at radius 2 is 1.93 bits per heavy atom. The van der Waals surface area contributed by atoms with Crippen molar-refractivity contribution in [3.63, 3.8) is 0 Å². The number of benzene rings is 1. The van der Waals surface area contributed by atoms with E-state index in [2.05, 4.69) is 10.3 Å². The monoisotopic (exact) mass is 411 g/mol. The van der Waals surface area contributed by atoms with Gasteiger partial charge in [-0.25, -0.2) is 17.8 Å². The van der Waals surface area contributed by atoms with E-state index in [0.29, 0.717) is 18.0 Å². The van der Waals surface area contributed by atoms with Crippen molar-refractivity contribution < 1.29 is 17.6 Å². The lowest BCUT2D eigenvalue weighted by molar-refractivity contribution is -0.116. The van der Waals surface area contributed by atoms with Crippen molar-refractivity contribution in [2.75, 3.05) is 11.9 Å². The molecule has 0 bridgehead atoms. The number of hydrogen-bond acceptors (Lipinski definition) is 5. The van der Waals surface area contributed by atoms with E-state index < -0.39 is 21.7 Å². The zero-order valence-electron chi connectivity index (χ0n) is 15.0. The molecule has 1 aliphatic carbocycles. The van der Waals surface area contributed by atoms with Crippen molar-refractivity contribution in [2.45, 2.75) is 50.0 Å². The number of carbonyl (C=O) groups is 1. The Balaban J connectivity index is 1.83. The number of amides is 1. The second-order valence-corrected chi connectivity index (χ2v) is 9.39. The molecule has 1 N–H and O–H groups in total. The van der Waals surface area contributed by atoms with E-state index in [1.54, 1.807) is 0 Å². The van der Waals surface area contributed by atoms with Crippen molar-refractivity contribution in [1.29, 1.82) is 0 Å². The van der Waals surface area contributed by atoms with E-state index >= 15 is 0 Å². The molecule has 1 aromatic heterocycles. The first-order valence-electron chi connectivity index (χ1n) is 8.85. The van der Waals surface area contributed by atoms with Crippen LogP contribution in [0.4, 0.5) is 9.52 Å². The first kappa shape index (κ1) is 19.9. The van der Waals surface area contributed by atoms with Crippen molar-refractivity contribution in [2.24, 2.45) is 0 Å². The quantitative estimate of drug-likeness (QED) is 0.788. The minimum absolute atomic E-state index is 0.00707. The normalized spacial score (nSPS) is 15.8. The first-order valence-corrected chi connectivity index (χ1v) is 11.2. The summed E-state index contributed by atoms with van der Waals surface area (Å²) in [6, 6.07) is 4.47. The molecule has 0 aliphatic heterocycles. The SMILES string of the molecule is Cc1csc(NC(=O)CN(C2CCCCC2)S(=O)(=O)c2ccc(F)cc2)n1. The van der Waals surface area contributed by atoms with E-state index in [4.69, 9.17) is 0 Å². The number of hydrogen-bond donors (Lipinski definition) is 1. The van der Waals surface area contributed by atoms with Crippen LogP contribution in [0.2, 0.25) is 0 Å². The molecule has 6 nitrogen and oxygen atoms in total. The summed E-state index contributed by atoms with van der Waals surface area (Å²) in [5.74, 6) is -0.935.